The number of morpholine rings is 1. The molecule has 0 saturated carbocycles. The lowest BCUT2D eigenvalue weighted by Gasteiger charge is -2.33. The molecule has 2 aliphatic rings. The van der Waals surface area contributed by atoms with Crippen LogP contribution in [0.5, 0.6) is 0 Å². The predicted octanol–water partition coefficient (Wildman–Crippen LogP) is 1.36. The molecule has 166 valence electrons. The number of nitrogens with one attached hydrogen (secondary N) is 2. The maximum Gasteiger partial charge on any atom is 0.191 e. The topological polar surface area (TPSA) is 72.4 Å². The lowest BCUT2D eigenvalue weighted by Crippen LogP contribution is -2.48. The molecular weight excluding hydrogens is 469 g/mol. The van der Waals surface area contributed by atoms with Crippen LogP contribution >= 0.6 is 24.0 Å². The summed E-state index contributed by atoms with van der Waals surface area (Å²) >= 11 is 0. The van der Waals surface area contributed by atoms with Crippen LogP contribution in [0.2, 0.25) is 0 Å². The monoisotopic (exact) mass is 511 g/mol. The number of ether oxygens (including phenoxy) is 1. The normalized spacial score (nSPS) is 24.3. The van der Waals surface area contributed by atoms with Gasteiger partial charge < -0.3 is 25.4 Å². The summed E-state index contributed by atoms with van der Waals surface area (Å²) in [6.07, 6.45) is 3.81. The number of hydrogen-bond donors (Lipinski definition) is 3. The lowest BCUT2D eigenvalue weighted by molar-refractivity contribution is -0.0179. The molecule has 2 aliphatic heterocycles. The standard InChI is InChI=1S/C20H41N5O2.HI/c1-4-21-19(22-8-6-10-24-9-5-7-18(2)15-24)23-16-20(3,26)17-25-11-13-27-14-12-25;/h18,26H,4-17H2,1-3H3,(H2,21,22,23);1H. The molecule has 0 aliphatic carbocycles. The summed E-state index contributed by atoms with van der Waals surface area (Å²) in [4.78, 5) is 9.45. The Kier molecular flexibility index (Phi) is 12.9. The van der Waals surface area contributed by atoms with Crippen LogP contribution in [0.4, 0.5) is 0 Å². The van der Waals surface area contributed by atoms with E-state index in [4.69, 9.17) is 4.74 Å². The van der Waals surface area contributed by atoms with E-state index >= 15 is 0 Å². The van der Waals surface area contributed by atoms with Crippen molar-refractivity contribution in [2.75, 3.05) is 72.1 Å². The van der Waals surface area contributed by atoms with Crippen molar-refractivity contribution in [3.8, 4) is 0 Å². The van der Waals surface area contributed by atoms with Gasteiger partial charge in [-0.15, -0.1) is 24.0 Å². The molecule has 2 heterocycles. The van der Waals surface area contributed by atoms with Gasteiger partial charge >= 0.3 is 0 Å². The summed E-state index contributed by atoms with van der Waals surface area (Å²) in [5.41, 5.74) is -0.830. The first-order chi connectivity index (χ1) is 13.0. The molecule has 0 aromatic rings. The van der Waals surface area contributed by atoms with Crippen LogP contribution in [0, 0.1) is 5.92 Å². The Morgan fingerprint density at radius 3 is 2.64 bits per heavy atom. The molecular formula is C20H42IN5O2. The number of β-amino-alcohol motifs (C(OH)–C–C–N with tert-alkyl or cyclic N) is 1. The maximum atomic E-state index is 10.7. The molecule has 28 heavy (non-hydrogen) atoms. The van der Waals surface area contributed by atoms with Gasteiger partial charge in [-0.25, -0.2) is 0 Å². The predicted molar refractivity (Wildman–Crippen MR) is 127 cm³/mol. The van der Waals surface area contributed by atoms with E-state index in [0.717, 1.165) is 64.2 Å². The minimum absolute atomic E-state index is 0. The van der Waals surface area contributed by atoms with Crippen LogP contribution in [0.1, 0.15) is 40.0 Å². The SMILES string of the molecule is CCNC(=NCC(C)(O)CN1CCOCC1)NCCCN1CCCC(C)C1.I. The van der Waals surface area contributed by atoms with E-state index in [0.29, 0.717) is 13.1 Å². The molecule has 2 unspecified atom stereocenters. The van der Waals surface area contributed by atoms with Crippen molar-refractivity contribution in [2.24, 2.45) is 10.9 Å². The van der Waals surface area contributed by atoms with E-state index < -0.39 is 5.60 Å². The fourth-order valence-corrected chi connectivity index (χ4v) is 3.88. The smallest absolute Gasteiger partial charge is 0.191 e. The van der Waals surface area contributed by atoms with E-state index in [9.17, 15) is 5.11 Å². The van der Waals surface area contributed by atoms with Crippen LogP contribution in [0.15, 0.2) is 4.99 Å². The Labute approximate surface area is 188 Å². The van der Waals surface area contributed by atoms with Gasteiger partial charge in [0.15, 0.2) is 5.96 Å². The van der Waals surface area contributed by atoms with Gasteiger partial charge in [0.05, 0.1) is 25.4 Å². The van der Waals surface area contributed by atoms with E-state index in [1.54, 1.807) is 0 Å². The number of rotatable bonds is 9. The zero-order chi connectivity index (χ0) is 19.5. The molecule has 8 heteroatoms. The number of likely N-dealkylation sites (tertiary alicyclic amines) is 1. The third-order valence-electron chi connectivity index (χ3n) is 5.27. The van der Waals surface area contributed by atoms with Crippen molar-refractivity contribution in [2.45, 2.75) is 45.6 Å². The van der Waals surface area contributed by atoms with Gasteiger partial charge in [0.1, 0.15) is 0 Å². The number of piperidine rings is 1. The molecule has 2 atom stereocenters. The second-order valence-electron chi connectivity index (χ2n) is 8.41. The third-order valence-corrected chi connectivity index (χ3v) is 5.27. The molecule has 0 bridgehead atoms. The summed E-state index contributed by atoms with van der Waals surface area (Å²) in [5, 5.41) is 17.4. The van der Waals surface area contributed by atoms with Crippen molar-refractivity contribution >= 4 is 29.9 Å². The Hall–Kier alpha value is -0.160. The number of nitrogens with zero attached hydrogens (tertiary/aromatic N) is 3. The van der Waals surface area contributed by atoms with E-state index in [1.807, 2.05) is 6.92 Å². The number of hydrogen-bond acceptors (Lipinski definition) is 5. The summed E-state index contributed by atoms with van der Waals surface area (Å²) in [7, 11) is 0. The van der Waals surface area contributed by atoms with Gasteiger partial charge in [-0.3, -0.25) is 9.89 Å². The highest BCUT2D eigenvalue weighted by molar-refractivity contribution is 14.0. The number of halogens is 1. The molecule has 0 aromatic heterocycles. The van der Waals surface area contributed by atoms with Crippen LogP contribution < -0.4 is 10.6 Å². The fourth-order valence-electron chi connectivity index (χ4n) is 3.88. The van der Waals surface area contributed by atoms with Gasteiger partial charge in [0.25, 0.3) is 0 Å². The Balaban J connectivity index is 0.00000392. The average Bonchev–Trinajstić information content (AvgIpc) is 2.64. The Morgan fingerprint density at radius 1 is 1.21 bits per heavy atom. The van der Waals surface area contributed by atoms with Crippen LogP contribution in [-0.2, 0) is 4.74 Å². The number of aliphatic hydroxyl groups is 1. The Morgan fingerprint density at radius 2 is 1.96 bits per heavy atom. The van der Waals surface area contributed by atoms with Crippen LogP contribution in [0.3, 0.4) is 0 Å². The van der Waals surface area contributed by atoms with Gasteiger partial charge in [-0.05, 0) is 52.1 Å². The van der Waals surface area contributed by atoms with Crippen molar-refractivity contribution in [3.63, 3.8) is 0 Å². The second kappa shape index (κ2) is 14.0. The fraction of sp³-hybridized carbons (Fsp3) is 0.950. The molecule has 0 spiro atoms. The van der Waals surface area contributed by atoms with Crippen LogP contribution in [-0.4, -0.2) is 98.6 Å². The summed E-state index contributed by atoms with van der Waals surface area (Å²) in [6.45, 7) is 15.9. The molecule has 2 fully saturated rings. The molecule has 0 amide bonds. The second-order valence-corrected chi connectivity index (χ2v) is 8.41. The molecule has 0 aromatic carbocycles. The number of guanidine groups is 1. The van der Waals surface area contributed by atoms with Gasteiger partial charge in [-0.2, -0.15) is 0 Å². The largest absolute Gasteiger partial charge is 0.387 e. The van der Waals surface area contributed by atoms with Gasteiger partial charge in [-0.1, -0.05) is 6.92 Å². The highest BCUT2D eigenvalue weighted by atomic mass is 127. The number of aliphatic imine (C=N–C) groups is 1. The minimum atomic E-state index is -0.830. The summed E-state index contributed by atoms with van der Waals surface area (Å²) < 4.78 is 5.37. The highest BCUT2D eigenvalue weighted by Crippen LogP contribution is 2.15. The maximum absolute atomic E-state index is 10.7. The minimum Gasteiger partial charge on any atom is -0.387 e. The zero-order valence-corrected chi connectivity index (χ0v) is 20.4. The first-order valence-corrected chi connectivity index (χ1v) is 10.8. The van der Waals surface area contributed by atoms with E-state index in [-0.39, 0.29) is 24.0 Å². The highest BCUT2D eigenvalue weighted by Gasteiger charge is 2.25. The van der Waals surface area contributed by atoms with Gasteiger partial charge in [0, 0.05) is 39.3 Å². The zero-order valence-electron chi connectivity index (χ0n) is 18.1. The molecule has 0 radical (unpaired) electrons. The molecule has 2 saturated heterocycles. The van der Waals surface area contributed by atoms with Crippen molar-refractivity contribution in [3.05, 3.63) is 0 Å². The Bertz CT molecular complexity index is 444. The average molecular weight is 511 g/mol. The van der Waals surface area contributed by atoms with Crippen molar-refractivity contribution in [1.82, 2.24) is 20.4 Å². The first-order valence-electron chi connectivity index (χ1n) is 10.8. The van der Waals surface area contributed by atoms with E-state index in [2.05, 4.69) is 39.3 Å². The molecule has 3 N–H and O–H groups in total. The van der Waals surface area contributed by atoms with Crippen molar-refractivity contribution in [1.29, 1.82) is 0 Å². The van der Waals surface area contributed by atoms with Crippen LogP contribution in [0.25, 0.3) is 0 Å². The third kappa shape index (κ3) is 10.6. The first kappa shape index (κ1) is 25.9. The molecule has 7 nitrogen and oxygen atoms in total. The molecule has 2 rings (SSSR count). The van der Waals surface area contributed by atoms with E-state index in [1.165, 1.54) is 25.9 Å². The van der Waals surface area contributed by atoms with Gasteiger partial charge in [0.2, 0.25) is 0 Å². The lowest BCUT2D eigenvalue weighted by atomic mass is 10.0. The summed E-state index contributed by atoms with van der Waals surface area (Å²) in [5.74, 6) is 1.63. The quantitative estimate of drug-likeness (QED) is 0.188. The van der Waals surface area contributed by atoms with Crippen molar-refractivity contribution < 1.29 is 9.84 Å². The summed E-state index contributed by atoms with van der Waals surface area (Å²) in [6, 6.07) is 0.